The summed E-state index contributed by atoms with van der Waals surface area (Å²) in [5, 5.41) is 4.05. The zero-order valence-electron chi connectivity index (χ0n) is 13.5. The molecule has 0 radical (unpaired) electrons. The molecule has 2 N–H and O–H groups in total. The van der Waals surface area contributed by atoms with Crippen LogP contribution in [0.5, 0.6) is 11.5 Å². The largest absolute Gasteiger partial charge is 0.490 e. The molecule has 0 amide bonds. The molecule has 1 aromatic carbocycles. The second-order valence-corrected chi connectivity index (χ2v) is 4.74. The first kappa shape index (κ1) is 17.1. The number of nitrogens with one attached hydrogen (secondary N) is 2. The number of terminal acetylenes is 1. The van der Waals surface area contributed by atoms with Crippen LogP contribution in [0, 0.1) is 19.3 Å². The predicted molar refractivity (Wildman–Crippen MR) is 92.8 cm³/mol. The summed E-state index contributed by atoms with van der Waals surface area (Å²) in [6.07, 6.45) is 6.78. The summed E-state index contributed by atoms with van der Waals surface area (Å²) in [6, 6.07) is 6.76. The van der Waals surface area contributed by atoms with Gasteiger partial charge in [-0.15, -0.1) is 6.42 Å². The van der Waals surface area contributed by atoms with E-state index in [2.05, 4.69) is 26.4 Å². The highest BCUT2D eigenvalue weighted by atomic mass is 16.5. The predicted octanol–water partition coefficient (Wildman–Crippen LogP) is 1.94. The quantitative estimate of drug-likeness (QED) is 0.461. The molecule has 0 aliphatic carbocycles. The molecule has 24 heavy (non-hydrogen) atoms. The first-order valence-corrected chi connectivity index (χ1v) is 7.32. The monoisotopic (exact) mass is 326 g/mol. The normalized spacial score (nSPS) is 10.4. The number of aryl methyl sites for hydroxylation is 1. The van der Waals surface area contributed by atoms with Gasteiger partial charge in [-0.25, -0.2) is 10.4 Å². The van der Waals surface area contributed by atoms with Crippen molar-refractivity contribution in [1.82, 2.24) is 9.97 Å². The fraction of sp³-hybridized carbons (Fsp3) is 0.235. The van der Waals surface area contributed by atoms with E-state index in [1.165, 1.54) is 6.07 Å². The van der Waals surface area contributed by atoms with Crippen molar-refractivity contribution < 1.29 is 9.47 Å². The summed E-state index contributed by atoms with van der Waals surface area (Å²) in [5.41, 5.74) is 3.83. The van der Waals surface area contributed by atoms with Crippen LogP contribution >= 0.6 is 0 Å². The highest BCUT2D eigenvalue weighted by Gasteiger charge is 2.05. The number of H-pyrrole nitrogens is 1. The molecule has 0 saturated heterocycles. The minimum Gasteiger partial charge on any atom is -0.490 e. The van der Waals surface area contributed by atoms with Crippen molar-refractivity contribution in [3.63, 3.8) is 0 Å². The third-order valence-electron chi connectivity index (χ3n) is 2.83. The zero-order chi connectivity index (χ0) is 17.4. The van der Waals surface area contributed by atoms with Gasteiger partial charge in [0.25, 0.3) is 5.56 Å². The van der Waals surface area contributed by atoms with Gasteiger partial charge in [0.2, 0.25) is 5.95 Å². The van der Waals surface area contributed by atoms with Gasteiger partial charge in [0.1, 0.15) is 6.61 Å². The van der Waals surface area contributed by atoms with Crippen LogP contribution in [-0.2, 0) is 0 Å². The lowest BCUT2D eigenvalue weighted by atomic mass is 10.2. The fourth-order valence-electron chi connectivity index (χ4n) is 1.91. The van der Waals surface area contributed by atoms with Crippen LogP contribution in [0.25, 0.3) is 0 Å². The van der Waals surface area contributed by atoms with Crippen molar-refractivity contribution in [3.8, 4) is 23.8 Å². The van der Waals surface area contributed by atoms with E-state index in [0.29, 0.717) is 23.8 Å². The van der Waals surface area contributed by atoms with E-state index in [1.807, 2.05) is 13.0 Å². The number of benzene rings is 1. The smallest absolute Gasteiger partial charge is 0.252 e. The summed E-state index contributed by atoms with van der Waals surface area (Å²) in [6.45, 7) is 4.28. The van der Waals surface area contributed by atoms with Crippen LogP contribution < -0.4 is 20.5 Å². The molecular weight excluding hydrogens is 308 g/mol. The van der Waals surface area contributed by atoms with Gasteiger partial charge < -0.3 is 9.47 Å². The fourth-order valence-corrected chi connectivity index (χ4v) is 1.91. The van der Waals surface area contributed by atoms with E-state index in [-0.39, 0.29) is 18.1 Å². The van der Waals surface area contributed by atoms with Crippen LogP contribution in [0.2, 0.25) is 0 Å². The van der Waals surface area contributed by atoms with Gasteiger partial charge in [0, 0.05) is 11.8 Å². The Kier molecular flexibility index (Phi) is 5.97. The molecule has 0 atom stereocenters. The number of nitrogens with zero attached hydrogens (tertiary/aromatic N) is 2. The van der Waals surface area contributed by atoms with Gasteiger partial charge in [-0.2, -0.15) is 5.10 Å². The van der Waals surface area contributed by atoms with E-state index < -0.39 is 0 Å². The minimum absolute atomic E-state index is 0.168. The summed E-state index contributed by atoms with van der Waals surface area (Å²) in [5.74, 6) is 3.84. The Morgan fingerprint density at radius 3 is 2.92 bits per heavy atom. The van der Waals surface area contributed by atoms with E-state index in [0.717, 1.165) is 5.56 Å². The lowest BCUT2D eigenvalue weighted by Gasteiger charge is -2.10. The molecule has 0 spiro atoms. The number of ether oxygens (including phenoxy) is 2. The molecule has 1 aromatic heterocycles. The Hall–Kier alpha value is -3.27. The van der Waals surface area contributed by atoms with Crippen LogP contribution in [-0.4, -0.2) is 29.4 Å². The standard InChI is InChI=1S/C17H18N4O3/c1-4-8-24-14-7-6-13(10-15(14)23-5-2)11-18-21-17-19-12(3)9-16(22)20-17/h1,6-7,9-11H,5,8H2,2-3H3,(H2,19,20,21,22)/b18-11-. The van der Waals surface area contributed by atoms with Gasteiger partial charge in [-0.3, -0.25) is 9.78 Å². The SMILES string of the molecule is C#CCOc1ccc(/C=N\Nc2nc(C)cc(=O)[nH]2)cc1OCC. The Balaban J connectivity index is 2.12. The third-order valence-corrected chi connectivity index (χ3v) is 2.83. The molecule has 0 fully saturated rings. The maximum Gasteiger partial charge on any atom is 0.252 e. The van der Waals surface area contributed by atoms with Crippen LogP contribution in [0.1, 0.15) is 18.2 Å². The second kappa shape index (κ2) is 8.39. The van der Waals surface area contributed by atoms with E-state index in [9.17, 15) is 4.79 Å². The van der Waals surface area contributed by atoms with Crippen LogP contribution in [0.4, 0.5) is 5.95 Å². The summed E-state index contributed by atoms with van der Waals surface area (Å²) in [4.78, 5) is 18.0. The molecule has 0 bridgehead atoms. The van der Waals surface area contributed by atoms with Crippen LogP contribution in [0.15, 0.2) is 34.2 Å². The van der Waals surface area contributed by atoms with Crippen LogP contribution in [0.3, 0.4) is 0 Å². The Labute approximate surface area is 139 Å². The van der Waals surface area contributed by atoms with Crippen molar-refractivity contribution in [2.45, 2.75) is 13.8 Å². The molecule has 0 saturated carbocycles. The minimum atomic E-state index is -0.242. The molecule has 0 aliphatic heterocycles. The maximum absolute atomic E-state index is 11.4. The molecule has 0 unspecified atom stereocenters. The van der Waals surface area contributed by atoms with Crippen molar-refractivity contribution >= 4 is 12.2 Å². The van der Waals surface area contributed by atoms with Crippen molar-refractivity contribution in [3.05, 3.63) is 45.9 Å². The number of hydrazone groups is 1. The highest BCUT2D eigenvalue weighted by molar-refractivity contribution is 5.81. The first-order valence-electron chi connectivity index (χ1n) is 7.32. The topological polar surface area (TPSA) is 88.6 Å². The number of anilines is 1. The Morgan fingerprint density at radius 2 is 2.21 bits per heavy atom. The number of hydrogen-bond donors (Lipinski definition) is 2. The van der Waals surface area contributed by atoms with Crippen molar-refractivity contribution in [2.75, 3.05) is 18.6 Å². The van der Waals surface area contributed by atoms with E-state index in [4.69, 9.17) is 15.9 Å². The molecule has 0 aliphatic rings. The van der Waals surface area contributed by atoms with Gasteiger partial charge in [0.05, 0.1) is 12.8 Å². The Bertz CT molecular complexity index is 821. The lowest BCUT2D eigenvalue weighted by Crippen LogP contribution is -2.10. The molecule has 124 valence electrons. The number of rotatable bonds is 7. The number of aromatic nitrogens is 2. The number of aromatic amines is 1. The molecule has 2 aromatic rings. The highest BCUT2D eigenvalue weighted by Crippen LogP contribution is 2.27. The molecule has 2 rings (SSSR count). The van der Waals surface area contributed by atoms with Crippen molar-refractivity contribution in [2.24, 2.45) is 5.10 Å². The van der Waals surface area contributed by atoms with Gasteiger partial charge in [0.15, 0.2) is 11.5 Å². The summed E-state index contributed by atoms with van der Waals surface area (Å²) < 4.78 is 11.0. The molecule has 7 nitrogen and oxygen atoms in total. The average Bonchev–Trinajstić information content (AvgIpc) is 2.53. The maximum atomic E-state index is 11.4. The zero-order valence-corrected chi connectivity index (χ0v) is 13.5. The van der Waals surface area contributed by atoms with Gasteiger partial charge in [-0.05, 0) is 37.6 Å². The third kappa shape index (κ3) is 4.88. The number of hydrogen-bond acceptors (Lipinski definition) is 6. The van der Waals surface area contributed by atoms with E-state index >= 15 is 0 Å². The van der Waals surface area contributed by atoms with Gasteiger partial charge >= 0.3 is 0 Å². The summed E-state index contributed by atoms with van der Waals surface area (Å²) >= 11 is 0. The average molecular weight is 326 g/mol. The van der Waals surface area contributed by atoms with Gasteiger partial charge in [-0.1, -0.05) is 5.92 Å². The van der Waals surface area contributed by atoms with E-state index in [1.54, 1.807) is 25.3 Å². The Morgan fingerprint density at radius 1 is 1.38 bits per heavy atom. The lowest BCUT2D eigenvalue weighted by molar-refractivity contribution is 0.299. The first-order chi connectivity index (χ1) is 11.6. The van der Waals surface area contributed by atoms with Crippen molar-refractivity contribution in [1.29, 1.82) is 0 Å². The summed E-state index contributed by atoms with van der Waals surface area (Å²) in [7, 11) is 0. The molecule has 1 heterocycles. The molecule has 7 heteroatoms. The molecular formula is C17H18N4O3. The second-order valence-electron chi connectivity index (χ2n) is 4.74.